The lowest BCUT2D eigenvalue weighted by Crippen LogP contribution is -2.62. The number of rotatable bonds is 7. The van der Waals surface area contributed by atoms with Gasteiger partial charge in [-0.15, -0.1) is 0 Å². The van der Waals surface area contributed by atoms with E-state index in [1.54, 1.807) is 11.9 Å². The first-order valence-corrected chi connectivity index (χ1v) is 11.4. The van der Waals surface area contributed by atoms with E-state index in [0.29, 0.717) is 25.4 Å². The fraction of sp³-hybridized carbons (Fsp3) is 0.625. The smallest absolute Gasteiger partial charge is 0.253 e. The molecular weight excluding hydrogens is 378 g/mol. The number of carbonyl (C=O) groups excluding carboxylic acids is 3. The second-order valence-electron chi connectivity index (χ2n) is 9.23. The van der Waals surface area contributed by atoms with Crippen molar-refractivity contribution in [3.63, 3.8) is 0 Å². The van der Waals surface area contributed by atoms with Crippen LogP contribution in [-0.2, 0) is 14.4 Å². The third kappa shape index (κ3) is 3.30. The summed E-state index contributed by atoms with van der Waals surface area (Å²) in [4.78, 5) is 43.7. The zero-order valence-electron chi connectivity index (χ0n) is 18.3. The van der Waals surface area contributed by atoms with Crippen molar-refractivity contribution < 1.29 is 14.4 Å². The SMILES string of the molecule is CCCCCC(=O)N1C[C@H](C(=O)NC)[C@H]2c3ccccc3N(CC3CC3)C(=O)[C@]21C. The molecule has 1 N–H and O–H groups in total. The first-order chi connectivity index (χ1) is 14.4. The van der Waals surface area contributed by atoms with Crippen LogP contribution in [0.5, 0.6) is 0 Å². The van der Waals surface area contributed by atoms with Crippen LogP contribution < -0.4 is 10.2 Å². The van der Waals surface area contributed by atoms with Crippen molar-refractivity contribution in [1.82, 2.24) is 10.2 Å². The lowest BCUT2D eigenvalue weighted by atomic mass is 9.71. The van der Waals surface area contributed by atoms with Crippen molar-refractivity contribution in [1.29, 1.82) is 0 Å². The van der Waals surface area contributed by atoms with E-state index in [4.69, 9.17) is 0 Å². The zero-order chi connectivity index (χ0) is 21.5. The zero-order valence-corrected chi connectivity index (χ0v) is 18.3. The van der Waals surface area contributed by atoms with Gasteiger partial charge >= 0.3 is 0 Å². The molecule has 162 valence electrons. The summed E-state index contributed by atoms with van der Waals surface area (Å²) in [7, 11) is 1.63. The minimum Gasteiger partial charge on any atom is -0.359 e. The second kappa shape index (κ2) is 8.05. The van der Waals surface area contributed by atoms with E-state index in [9.17, 15) is 14.4 Å². The van der Waals surface area contributed by atoms with Gasteiger partial charge in [0.15, 0.2) is 0 Å². The Balaban J connectivity index is 1.78. The highest BCUT2D eigenvalue weighted by molar-refractivity contribution is 6.07. The average Bonchev–Trinajstić information content (AvgIpc) is 3.51. The van der Waals surface area contributed by atoms with Gasteiger partial charge in [0.2, 0.25) is 11.8 Å². The number of hydrogen-bond acceptors (Lipinski definition) is 3. The molecule has 30 heavy (non-hydrogen) atoms. The number of carbonyl (C=O) groups is 3. The van der Waals surface area contributed by atoms with Crippen LogP contribution in [0.25, 0.3) is 0 Å². The lowest BCUT2D eigenvalue weighted by molar-refractivity contribution is -0.144. The number of anilines is 1. The molecule has 1 saturated heterocycles. The molecule has 1 saturated carbocycles. The van der Waals surface area contributed by atoms with Gasteiger partial charge in [-0.05, 0) is 43.7 Å². The lowest BCUT2D eigenvalue weighted by Gasteiger charge is -2.46. The average molecular weight is 412 g/mol. The minimum atomic E-state index is -1.02. The largest absolute Gasteiger partial charge is 0.359 e. The molecule has 0 unspecified atom stereocenters. The highest BCUT2D eigenvalue weighted by Crippen LogP contribution is 2.53. The molecule has 4 rings (SSSR count). The van der Waals surface area contributed by atoms with Crippen molar-refractivity contribution >= 4 is 23.4 Å². The van der Waals surface area contributed by atoms with Gasteiger partial charge in [0.25, 0.3) is 5.91 Å². The standard InChI is InChI=1S/C24H33N3O3/c1-4-5-6-11-20(28)27-15-18(22(29)25-3)21-17-9-7-8-10-19(17)26(14-16-12-13-16)23(30)24(21,27)2/h7-10,16,18,21H,4-6,11-15H2,1-3H3,(H,25,29)/t18-,21+,24-/m0/s1. The molecule has 6 heteroatoms. The topological polar surface area (TPSA) is 69.7 Å². The van der Waals surface area contributed by atoms with Crippen LogP contribution in [0.2, 0.25) is 0 Å². The molecule has 0 spiro atoms. The number of nitrogens with zero attached hydrogens (tertiary/aromatic N) is 2. The van der Waals surface area contributed by atoms with Gasteiger partial charge < -0.3 is 15.1 Å². The molecule has 0 bridgehead atoms. The first kappa shape index (κ1) is 20.9. The highest BCUT2D eigenvalue weighted by atomic mass is 16.2. The van der Waals surface area contributed by atoms with E-state index < -0.39 is 11.5 Å². The molecule has 2 fully saturated rings. The number of hydrogen-bond donors (Lipinski definition) is 1. The van der Waals surface area contributed by atoms with Gasteiger partial charge in [0.1, 0.15) is 5.54 Å². The van der Waals surface area contributed by atoms with Gasteiger partial charge in [0.05, 0.1) is 5.92 Å². The van der Waals surface area contributed by atoms with Gasteiger partial charge in [-0.1, -0.05) is 38.0 Å². The summed E-state index contributed by atoms with van der Waals surface area (Å²) >= 11 is 0. The number of nitrogens with one attached hydrogen (secondary N) is 1. The number of para-hydroxylation sites is 1. The minimum absolute atomic E-state index is 0.0125. The predicted molar refractivity (Wildman–Crippen MR) is 116 cm³/mol. The molecule has 0 radical (unpaired) electrons. The molecule has 3 amide bonds. The number of amides is 3. The maximum Gasteiger partial charge on any atom is 0.253 e. The quantitative estimate of drug-likeness (QED) is 0.701. The monoisotopic (exact) mass is 411 g/mol. The molecule has 2 aliphatic heterocycles. The first-order valence-electron chi connectivity index (χ1n) is 11.4. The van der Waals surface area contributed by atoms with Crippen molar-refractivity contribution in [2.24, 2.45) is 11.8 Å². The van der Waals surface area contributed by atoms with Crippen LogP contribution in [0.1, 0.15) is 63.9 Å². The summed E-state index contributed by atoms with van der Waals surface area (Å²) in [5.74, 6) is -0.370. The summed E-state index contributed by atoms with van der Waals surface area (Å²) in [6, 6.07) is 7.94. The Labute approximate surface area is 179 Å². The van der Waals surface area contributed by atoms with Gasteiger partial charge in [-0.3, -0.25) is 14.4 Å². The fourth-order valence-corrected chi connectivity index (χ4v) is 5.38. The highest BCUT2D eigenvalue weighted by Gasteiger charge is 2.63. The molecule has 6 nitrogen and oxygen atoms in total. The van der Waals surface area contributed by atoms with E-state index in [0.717, 1.165) is 43.4 Å². The van der Waals surface area contributed by atoms with Crippen molar-refractivity contribution in [3.8, 4) is 0 Å². The van der Waals surface area contributed by atoms with Crippen LogP contribution in [0, 0.1) is 11.8 Å². The molecule has 1 aromatic carbocycles. The van der Waals surface area contributed by atoms with E-state index >= 15 is 0 Å². The number of unbranched alkanes of at least 4 members (excludes halogenated alkanes) is 2. The van der Waals surface area contributed by atoms with Gasteiger partial charge in [-0.2, -0.15) is 0 Å². The Bertz CT molecular complexity index is 850. The fourth-order valence-electron chi connectivity index (χ4n) is 5.38. The Morgan fingerprint density at radius 2 is 1.93 bits per heavy atom. The van der Waals surface area contributed by atoms with E-state index in [1.165, 1.54) is 0 Å². The summed E-state index contributed by atoms with van der Waals surface area (Å²) in [5, 5.41) is 2.77. The molecule has 3 aliphatic rings. The predicted octanol–water partition coefficient (Wildman–Crippen LogP) is 3.07. The van der Waals surface area contributed by atoms with Crippen molar-refractivity contribution in [2.45, 2.75) is 63.8 Å². The Morgan fingerprint density at radius 3 is 2.60 bits per heavy atom. The normalized spacial score (nSPS) is 27.6. The number of fused-ring (bicyclic) bond motifs is 3. The summed E-state index contributed by atoms with van der Waals surface area (Å²) in [6.07, 6.45) is 5.56. The summed E-state index contributed by atoms with van der Waals surface area (Å²) in [5.41, 5.74) is 0.896. The van der Waals surface area contributed by atoms with Crippen molar-refractivity contribution in [3.05, 3.63) is 29.8 Å². The maximum absolute atomic E-state index is 14.0. The maximum atomic E-state index is 14.0. The van der Waals surface area contributed by atoms with E-state index in [1.807, 2.05) is 36.1 Å². The van der Waals surface area contributed by atoms with Crippen molar-refractivity contribution in [2.75, 3.05) is 25.0 Å². The molecule has 0 aromatic heterocycles. The Morgan fingerprint density at radius 1 is 1.20 bits per heavy atom. The Kier molecular flexibility index (Phi) is 5.60. The number of benzene rings is 1. The third-order valence-electron chi connectivity index (χ3n) is 7.20. The van der Waals surface area contributed by atoms with Crippen LogP contribution in [0.3, 0.4) is 0 Å². The molecule has 3 atom stereocenters. The third-order valence-corrected chi connectivity index (χ3v) is 7.20. The Hall–Kier alpha value is -2.37. The van der Waals surface area contributed by atoms with Gasteiger partial charge in [-0.25, -0.2) is 0 Å². The van der Waals surface area contributed by atoms with Crippen LogP contribution in [-0.4, -0.2) is 48.3 Å². The molecule has 1 aromatic rings. The molecular formula is C24H33N3O3. The summed E-state index contributed by atoms with van der Waals surface area (Å²) < 4.78 is 0. The van der Waals surface area contributed by atoms with E-state index in [2.05, 4.69) is 12.2 Å². The molecule has 2 heterocycles. The summed E-state index contributed by atoms with van der Waals surface area (Å²) in [6.45, 7) is 4.98. The second-order valence-corrected chi connectivity index (χ2v) is 9.23. The van der Waals surface area contributed by atoms with E-state index in [-0.39, 0.29) is 23.6 Å². The van der Waals surface area contributed by atoms with Crippen LogP contribution >= 0.6 is 0 Å². The van der Waals surface area contributed by atoms with Crippen LogP contribution in [0.4, 0.5) is 5.69 Å². The number of likely N-dealkylation sites (tertiary alicyclic amines) is 1. The molecule has 1 aliphatic carbocycles. The van der Waals surface area contributed by atoms with Gasteiger partial charge in [0, 0.05) is 38.2 Å². The van der Waals surface area contributed by atoms with Crippen LogP contribution in [0.15, 0.2) is 24.3 Å².